The van der Waals surface area contributed by atoms with E-state index in [4.69, 9.17) is 28.4 Å². The highest BCUT2D eigenvalue weighted by Crippen LogP contribution is 2.52. The summed E-state index contributed by atoms with van der Waals surface area (Å²) in [6.07, 6.45) is -0.154. The van der Waals surface area contributed by atoms with E-state index >= 15 is 4.79 Å². The molecule has 2 heterocycles. The monoisotopic (exact) mass is 854 g/mol. The Hall–Kier alpha value is -6.06. The van der Waals surface area contributed by atoms with Gasteiger partial charge < -0.3 is 33.5 Å². The molecule has 15 nitrogen and oxygen atoms in total. The number of fused-ring (bicyclic) bond motifs is 1. The molecule has 0 amide bonds. The standard InChI is InChI=1S/C47H54N2O13/c1-27(2)25-57-36-29(4)37(60-42(53)32-15-11-10-12-16-32)38(58-30(5)50)41(61-43(54)33-17-13-21-48-23-33)45(7,8)20-19-28(3)39(52)47(56)26-46(9,40(35(36)47)59-31(6)51)62-44(55)34-18-14-22-49-24-34/h10-24,27-28,35-38,40-41,56H,4,25-26H2,1-3,5-9H3/b20-19+/t28-,35-,36-,37-,38+,40+,41+,46+,47+/m0/s1. The summed E-state index contributed by atoms with van der Waals surface area (Å²) in [5.74, 6) is -8.04. The van der Waals surface area contributed by atoms with E-state index in [9.17, 15) is 29.1 Å². The number of esters is 5. The summed E-state index contributed by atoms with van der Waals surface area (Å²) < 4.78 is 37.2. The number of allylic oxidation sites excluding steroid dienone is 1. The molecule has 0 aliphatic heterocycles. The number of rotatable bonds is 11. The van der Waals surface area contributed by atoms with Crippen molar-refractivity contribution < 1.29 is 62.3 Å². The van der Waals surface area contributed by atoms with Crippen LogP contribution in [0.3, 0.4) is 0 Å². The van der Waals surface area contributed by atoms with Gasteiger partial charge in [-0.05, 0) is 54.8 Å². The van der Waals surface area contributed by atoms with Gasteiger partial charge in [-0.25, -0.2) is 14.4 Å². The number of Topliss-reactive ketones (excluding diaryl/α,β-unsaturated/α-hetero) is 1. The molecule has 62 heavy (non-hydrogen) atoms. The van der Waals surface area contributed by atoms with Crippen molar-refractivity contribution in [3.05, 3.63) is 120 Å². The number of benzene rings is 1. The summed E-state index contributed by atoms with van der Waals surface area (Å²) in [7, 11) is 0. The molecule has 2 aromatic heterocycles. The number of carbonyl (C=O) groups excluding carboxylic acids is 6. The summed E-state index contributed by atoms with van der Waals surface area (Å²) in [6.45, 7) is 16.5. The number of nitrogens with zero attached hydrogens (tertiary/aromatic N) is 2. The minimum Gasteiger partial charge on any atom is -0.458 e. The zero-order valence-electron chi connectivity index (χ0n) is 36.1. The number of aromatic nitrogens is 2. The summed E-state index contributed by atoms with van der Waals surface area (Å²) in [5, 5.41) is 13.1. The maximum atomic E-state index is 15.0. The Labute approximate surface area is 360 Å². The Bertz CT molecular complexity index is 2160. The minimum absolute atomic E-state index is 0.0408. The van der Waals surface area contributed by atoms with E-state index in [1.807, 2.05) is 13.8 Å². The van der Waals surface area contributed by atoms with Crippen molar-refractivity contribution in [2.75, 3.05) is 6.61 Å². The maximum Gasteiger partial charge on any atom is 0.340 e. The second-order valence-electron chi connectivity index (χ2n) is 17.0. The number of ether oxygens (including phenoxy) is 6. The first-order chi connectivity index (χ1) is 29.2. The lowest BCUT2D eigenvalue weighted by Gasteiger charge is -2.44. The Morgan fingerprint density at radius 2 is 1.34 bits per heavy atom. The van der Waals surface area contributed by atoms with Gasteiger partial charge in [0.15, 0.2) is 35.8 Å². The van der Waals surface area contributed by atoms with E-state index in [2.05, 4.69) is 16.5 Å². The van der Waals surface area contributed by atoms with Crippen molar-refractivity contribution in [2.24, 2.45) is 23.2 Å². The van der Waals surface area contributed by atoms with Crippen LogP contribution >= 0.6 is 0 Å². The van der Waals surface area contributed by atoms with Crippen molar-refractivity contribution in [1.82, 2.24) is 9.97 Å². The Kier molecular flexibility index (Phi) is 14.7. The minimum atomic E-state index is -2.50. The fraction of sp³-hybridized carbons (Fsp3) is 0.447. The molecular weight excluding hydrogens is 801 g/mol. The fourth-order valence-corrected chi connectivity index (χ4v) is 8.03. The van der Waals surface area contributed by atoms with Crippen LogP contribution in [0, 0.1) is 23.2 Å². The Morgan fingerprint density at radius 3 is 1.89 bits per heavy atom. The molecule has 3 aromatic rings. The van der Waals surface area contributed by atoms with E-state index in [0.29, 0.717) is 0 Å². The van der Waals surface area contributed by atoms with Crippen LogP contribution in [0.15, 0.2) is 104 Å². The number of aliphatic hydroxyl groups is 1. The Morgan fingerprint density at radius 1 is 0.774 bits per heavy atom. The normalized spacial score (nSPS) is 28.9. The van der Waals surface area contributed by atoms with Crippen LogP contribution in [0.4, 0.5) is 0 Å². The molecule has 0 radical (unpaired) electrons. The highest BCUT2D eigenvalue weighted by atomic mass is 16.6. The first-order valence-corrected chi connectivity index (χ1v) is 20.3. The number of hydrogen-bond acceptors (Lipinski definition) is 15. The molecular formula is C47H54N2O13. The fourth-order valence-electron chi connectivity index (χ4n) is 8.03. The summed E-state index contributed by atoms with van der Waals surface area (Å²) >= 11 is 0. The molecule has 9 atom stereocenters. The predicted octanol–water partition coefficient (Wildman–Crippen LogP) is 5.86. The van der Waals surface area contributed by atoms with E-state index in [0.717, 1.165) is 13.8 Å². The summed E-state index contributed by atoms with van der Waals surface area (Å²) in [4.78, 5) is 91.2. The first kappa shape index (κ1) is 47.0. The smallest absolute Gasteiger partial charge is 0.340 e. The molecule has 5 rings (SSSR count). The number of hydrogen-bond donors (Lipinski definition) is 1. The quantitative estimate of drug-likeness (QED) is 0.136. The van der Waals surface area contributed by atoms with E-state index in [-0.39, 0.29) is 34.8 Å². The summed E-state index contributed by atoms with van der Waals surface area (Å²) in [6, 6.07) is 13.9. The van der Waals surface area contributed by atoms with Gasteiger partial charge in [0.1, 0.15) is 5.60 Å². The molecule has 1 saturated carbocycles. The van der Waals surface area contributed by atoms with Crippen molar-refractivity contribution in [1.29, 1.82) is 0 Å². The lowest BCUT2D eigenvalue weighted by Crippen LogP contribution is -2.58. The summed E-state index contributed by atoms with van der Waals surface area (Å²) in [5.41, 5.74) is -5.73. The van der Waals surface area contributed by atoms with Crippen LogP contribution < -0.4 is 0 Å². The van der Waals surface area contributed by atoms with Gasteiger partial charge in [0.05, 0.1) is 28.7 Å². The van der Waals surface area contributed by atoms with Gasteiger partial charge in [0.25, 0.3) is 0 Å². The third kappa shape index (κ3) is 10.5. The number of pyridine rings is 2. The zero-order chi connectivity index (χ0) is 45.6. The second-order valence-corrected chi connectivity index (χ2v) is 17.0. The van der Waals surface area contributed by atoms with Gasteiger partial charge in [0, 0.05) is 63.0 Å². The molecule has 0 bridgehead atoms. The highest BCUT2D eigenvalue weighted by Gasteiger charge is 2.69. The maximum absolute atomic E-state index is 15.0. The molecule has 1 N–H and O–H groups in total. The average Bonchev–Trinajstić information content (AvgIpc) is 3.44. The van der Waals surface area contributed by atoms with Crippen LogP contribution in [-0.2, 0) is 42.8 Å². The second kappa shape index (κ2) is 19.3. The van der Waals surface area contributed by atoms with Gasteiger partial charge >= 0.3 is 29.8 Å². The third-order valence-corrected chi connectivity index (χ3v) is 10.9. The van der Waals surface area contributed by atoms with Gasteiger partial charge in [-0.2, -0.15) is 0 Å². The lowest BCUT2D eigenvalue weighted by atomic mass is 9.72. The molecule has 0 saturated heterocycles. The zero-order valence-corrected chi connectivity index (χ0v) is 36.1. The molecule has 0 unspecified atom stereocenters. The molecule has 15 heteroatoms. The molecule has 1 aromatic carbocycles. The van der Waals surface area contributed by atoms with Crippen LogP contribution in [0.5, 0.6) is 0 Å². The topological polar surface area (TPSA) is 204 Å². The largest absolute Gasteiger partial charge is 0.458 e. The van der Waals surface area contributed by atoms with Crippen LogP contribution in [0.1, 0.15) is 92.9 Å². The SMILES string of the molecule is C=C1[C@H](OC(=O)c2ccccc2)[C@@H](OC(C)=O)[C@@H](OC(=O)c2cccnc2)C(C)(C)/C=C/[C@H](C)C(=O)[C@@]2(O)C[C@@](C)(OC(=O)c3cccnc3)[C@H](OC(C)=O)[C@@H]2[C@H]1OCC(C)C. The number of ketones is 1. The van der Waals surface area contributed by atoms with Crippen molar-refractivity contribution in [2.45, 2.75) is 104 Å². The third-order valence-electron chi connectivity index (χ3n) is 10.9. The Balaban J connectivity index is 1.81. The van der Waals surface area contributed by atoms with Crippen LogP contribution in [-0.4, -0.2) is 99.0 Å². The molecule has 0 spiro atoms. The van der Waals surface area contributed by atoms with Gasteiger partial charge in [0.2, 0.25) is 0 Å². The molecule has 1 fully saturated rings. The molecule has 2 aliphatic rings. The van der Waals surface area contributed by atoms with E-state index in [1.165, 1.54) is 81.1 Å². The van der Waals surface area contributed by atoms with Crippen LogP contribution in [0.2, 0.25) is 0 Å². The average molecular weight is 855 g/mol. The van der Waals surface area contributed by atoms with E-state index < -0.39 is 101 Å². The first-order valence-electron chi connectivity index (χ1n) is 20.3. The van der Waals surface area contributed by atoms with Crippen LogP contribution in [0.25, 0.3) is 0 Å². The highest BCUT2D eigenvalue weighted by molar-refractivity contribution is 5.93. The molecule has 330 valence electrons. The van der Waals surface area contributed by atoms with Gasteiger partial charge in [-0.15, -0.1) is 0 Å². The van der Waals surface area contributed by atoms with Gasteiger partial charge in [-0.1, -0.05) is 71.5 Å². The predicted molar refractivity (Wildman–Crippen MR) is 222 cm³/mol. The van der Waals surface area contributed by atoms with Crippen molar-refractivity contribution in [3.8, 4) is 0 Å². The van der Waals surface area contributed by atoms with Crippen molar-refractivity contribution >= 4 is 35.6 Å². The van der Waals surface area contributed by atoms with Crippen molar-refractivity contribution in [3.63, 3.8) is 0 Å². The number of carbonyl (C=O) groups is 6. The lowest BCUT2D eigenvalue weighted by molar-refractivity contribution is -0.178. The molecule has 2 aliphatic carbocycles. The van der Waals surface area contributed by atoms with Gasteiger partial charge in [-0.3, -0.25) is 24.4 Å². The van der Waals surface area contributed by atoms with E-state index in [1.54, 1.807) is 38.1 Å².